The Kier molecular flexibility index (Phi) is 4.20. The molecule has 1 aromatic heterocycles. The normalized spacial score (nSPS) is 16.7. The molecule has 0 fully saturated rings. The van der Waals surface area contributed by atoms with Crippen LogP contribution in [0.25, 0.3) is 10.9 Å². The second-order valence-electron chi connectivity index (χ2n) is 5.66. The van der Waals surface area contributed by atoms with E-state index in [0.717, 1.165) is 29.8 Å². The smallest absolute Gasteiger partial charge is 0.119 e. The highest BCUT2D eigenvalue weighted by Gasteiger charge is 2.25. The first-order chi connectivity index (χ1) is 10.8. The van der Waals surface area contributed by atoms with Crippen molar-refractivity contribution in [3.63, 3.8) is 0 Å². The van der Waals surface area contributed by atoms with Crippen molar-refractivity contribution in [1.29, 1.82) is 0 Å². The van der Waals surface area contributed by atoms with Crippen LogP contribution < -0.4 is 22.5 Å². The summed E-state index contributed by atoms with van der Waals surface area (Å²) >= 11 is 0. The predicted octanol–water partition coefficient (Wildman–Crippen LogP) is 0.121. The Bertz CT molecular complexity index is 844. The van der Waals surface area contributed by atoms with Gasteiger partial charge in [-0.2, -0.15) is 0 Å². The number of aromatic hydroxyl groups is 1. The van der Waals surface area contributed by atoms with Gasteiger partial charge in [0, 0.05) is 23.1 Å². The number of ether oxygens (including phenoxy) is 1. The van der Waals surface area contributed by atoms with Crippen LogP contribution in [0.1, 0.15) is 22.9 Å². The molecule has 0 amide bonds. The summed E-state index contributed by atoms with van der Waals surface area (Å²) in [6.45, 7) is 0.914. The highest BCUT2D eigenvalue weighted by Crippen LogP contribution is 2.35. The Hall–Kier alpha value is -2.17. The number of benzene rings is 2. The molecule has 0 spiro atoms. The first-order valence-electron chi connectivity index (χ1n) is 7.47. The molecule has 1 unspecified atom stereocenters. The molecule has 0 radical (unpaired) electrons. The molecule has 0 saturated carbocycles. The number of nitrogens with one attached hydrogen (secondary N) is 2. The number of aromatic amines is 1. The SMILES string of the molecule is COc1ccc2[nH]c3c(c2c1)CCNC3c1cccc(O)c1.[Cl-]. The van der Waals surface area contributed by atoms with Crippen LogP contribution in [0.4, 0.5) is 0 Å². The molecular weight excluding hydrogens is 312 g/mol. The Morgan fingerprint density at radius 3 is 2.83 bits per heavy atom. The van der Waals surface area contributed by atoms with Crippen molar-refractivity contribution < 1.29 is 22.3 Å². The number of methoxy groups -OCH3 is 1. The van der Waals surface area contributed by atoms with E-state index in [0.29, 0.717) is 5.75 Å². The van der Waals surface area contributed by atoms with Crippen LogP contribution in [0.15, 0.2) is 42.5 Å². The van der Waals surface area contributed by atoms with Crippen molar-refractivity contribution in [2.75, 3.05) is 13.7 Å². The number of phenols is 1. The average Bonchev–Trinajstić information content (AvgIpc) is 2.92. The van der Waals surface area contributed by atoms with E-state index in [1.807, 2.05) is 24.3 Å². The molecule has 120 valence electrons. The van der Waals surface area contributed by atoms with Crippen molar-refractivity contribution >= 4 is 10.9 Å². The molecule has 0 bridgehead atoms. The van der Waals surface area contributed by atoms with E-state index in [4.69, 9.17) is 4.74 Å². The molecule has 5 heteroatoms. The number of rotatable bonds is 2. The van der Waals surface area contributed by atoms with Crippen LogP contribution in [0.2, 0.25) is 0 Å². The highest BCUT2D eigenvalue weighted by molar-refractivity contribution is 5.86. The summed E-state index contributed by atoms with van der Waals surface area (Å²) in [6, 6.07) is 13.6. The number of H-pyrrole nitrogens is 1. The summed E-state index contributed by atoms with van der Waals surface area (Å²) in [5.41, 5.74) is 4.71. The van der Waals surface area contributed by atoms with E-state index in [1.165, 1.54) is 16.6 Å². The van der Waals surface area contributed by atoms with Crippen LogP contribution in [0.5, 0.6) is 11.5 Å². The molecule has 2 aromatic carbocycles. The molecule has 3 aromatic rings. The van der Waals surface area contributed by atoms with E-state index < -0.39 is 0 Å². The number of aromatic nitrogens is 1. The number of fused-ring (bicyclic) bond motifs is 3. The molecule has 23 heavy (non-hydrogen) atoms. The lowest BCUT2D eigenvalue weighted by Crippen LogP contribution is -3.00. The van der Waals surface area contributed by atoms with Crippen LogP contribution in [-0.2, 0) is 6.42 Å². The minimum Gasteiger partial charge on any atom is -1.00 e. The molecule has 3 N–H and O–H groups in total. The van der Waals surface area contributed by atoms with E-state index in [-0.39, 0.29) is 18.4 Å². The van der Waals surface area contributed by atoms with E-state index in [1.54, 1.807) is 13.2 Å². The first-order valence-corrected chi connectivity index (χ1v) is 7.47. The van der Waals surface area contributed by atoms with E-state index in [9.17, 15) is 5.11 Å². The maximum absolute atomic E-state index is 9.75. The van der Waals surface area contributed by atoms with Gasteiger partial charge >= 0.3 is 0 Å². The van der Waals surface area contributed by atoms with Gasteiger partial charge < -0.3 is 32.6 Å². The fraction of sp³-hybridized carbons (Fsp3) is 0.222. The lowest BCUT2D eigenvalue weighted by Gasteiger charge is -2.25. The van der Waals surface area contributed by atoms with Gasteiger partial charge in [-0.1, -0.05) is 12.1 Å². The molecule has 4 rings (SSSR count). The van der Waals surface area contributed by atoms with Gasteiger partial charge in [0.2, 0.25) is 0 Å². The van der Waals surface area contributed by atoms with Gasteiger partial charge in [0.05, 0.1) is 13.2 Å². The quantitative estimate of drug-likeness (QED) is 0.626. The summed E-state index contributed by atoms with van der Waals surface area (Å²) in [7, 11) is 1.69. The number of halogens is 1. The Morgan fingerprint density at radius 1 is 1.17 bits per heavy atom. The van der Waals surface area contributed by atoms with E-state index in [2.05, 4.69) is 22.4 Å². The van der Waals surface area contributed by atoms with Gasteiger partial charge in [-0.15, -0.1) is 0 Å². The minimum atomic E-state index is 0. The van der Waals surface area contributed by atoms with Crippen LogP contribution in [0.3, 0.4) is 0 Å². The fourth-order valence-electron chi connectivity index (χ4n) is 3.32. The molecule has 4 nitrogen and oxygen atoms in total. The first kappa shape index (κ1) is 15.7. The largest absolute Gasteiger partial charge is 1.00 e. The monoisotopic (exact) mass is 329 g/mol. The number of phenolic OH excluding ortho intramolecular Hbond substituents is 1. The molecule has 2 heterocycles. The van der Waals surface area contributed by atoms with Crippen LogP contribution >= 0.6 is 0 Å². The maximum atomic E-state index is 9.75. The molecule has 1 atom stereocenters. The second-order valence-corrected chi connectivity index (χ2v) is 5.66. The summed E-state index contributed by atoms with van der Waals surface area (Å²) in [6.07, 6.45) is 0.984. The Balaban J connectivity index is 0.00000156. The predicted molar refractivity (Wildman–Crippen MR) is 86.5 cm³/mol. The zero-order valence-corrected chi connectivity index (χ0v) is 13.5. The average molecular weight is 330 g/mol. The van der Waals surface area contributed by atoms with Gasteiger partial charge in [-0.25, -0.2) is 0 Å². The van der Waals surface area contributed by atoms with Gasteiger partial charge in [0.15, 0.2) is 0 Å². The molecular formula is C18H18ClN2O2-. The number of hydrogen-bond acceptors (Lipinski definition) is 3. The third kappa shape index (κ3) is 2.64. The van der Waals surface area contributed by atoms with Crippen LogP contribution in [-0.4, -0.2) is 23.7 Å². The minimum absolute atomic E-state index is 0. The van der Waals surface area contributed by atoms with Crippen molar-refractivity contribution in [2.45, 2.75) is 12.5 Å². The third-order valence-corrected chi connectivity index (χ3v) is 4.36. The van der Waals surface area contributed by atoms with Crippen molar-refractivity contribution in [3.8, 4) is 11.5 Å². The molecule has 1 aliphatic heterocycles. The topological polar surface area (TPSA) is 57.3 Å². The number of hydrogen-bond donors (Lipinski definition) is 3. The standard InChI is InChI=1S/C18H18N2O2.ClH/c1-22-13-5-6-16-15(10-13)14-7-8-19-17(18(14)20-16)11-3-2-4-12(21)9-11;/h2-6,9-10,17,19-21H,7-8H2,1H3;1H/p-1. The van der Waals surface area contributed by atoms with Crippen molar-refractivity contribution in [1.82, 2.24) is 10.3 Å². The highest BCUT2D eigenvalue weighted by atomic mass is 35.5. The molecule has 0 aliphatic carbocycles. The van der Waals surface area contributed by atoms with Crippen LogP contribution in [0, 0.1) is 0 Å². The summed E-state index contributed by atoms with van der Waals surface area (Å²) < 4.78 is 5.35. The van der Waals surface area contributed by atoms with E-state index >= 15 is 0 Å². The molecule has 0 saturated heterocycles. The zero-order chi connectivity index (χ0) is 15.1. The summed E-state index contributed by atoms with van der Waals surface area (Å²) in [5.74, 6) is 1.17. The van der Waals surface area contributed by atoms with Crippen molar-refractivity contribution in [3.05, 3.63) is 59.3 Å². The third-order valence-electron chi connectivity index (χ3n) is 4.36. The lowest BCUT2D eigenvalue weighted by atomic mass is 9.94. The van der Waals surface area contributed by atoms with Gasteiger partial charge in [0.1, 0.15) is 11.5 Å². The molecule has 1 aliphatic rings. The Morgan fingerprint density at radius 2 is 2.04 bits per heavy atom. The van der Waals surface area contributed by atoms with Crippen molar-refractivity contribution in [2.24, 2.45) is 0 Å². The summed E-state index contributed by atoms with van der Waals surface area (Å²) in [4.78, 5) is 3.54. The zero-order valence-electron chi connectivity index (χ0n) is 12.8. The maximum Gasteiger partial charge on any atom is 0.119 e. The van der Waals surface area contributed by atoms with Gasteiger partial charge in [-0.05, 0) is 47.9 Å². The Labute approximate surface area is 140 Å². The summed E-state index contributed by atoms with van der Waals surface area (Å²) in [5, 5.41) is 14.5. The second kappa shape index (κ2) is 6.14. The lowest BCUT2D eigenvalue weighted by molar-refractivity contribution is -0.00000581. The van der Waals surface area contributed by atoms with Gasteiger partial charge in [-0.3, -0.25) is 0 Å². The fourth-order valence-corrected chi connectivity index (χ4v) is 3.32. The van der Waals surface area contributed by atoms with Gasteiger partial charge in [0.25, 0.3) is 0 Å².